The summed E-state index contributed by atoms with van der Waals surface area (Å²) in [5, 5.41) is 15.7. The van der Waals surface area contributed by atoms with Gasteiger partial charge in [0.2, 0.25) is 5.91 Å². The Morgan fingerprint density at radius 2 is 1.88 bits per heavy atom. The van der Waals surface area contributed by atoms with Crippen molar-refractivity contribution >= 4 is 68.4 Å². The van der Waals surface area contributed by atoms with Crippen molar-refractivity contribution in [2.24, 2.45) is 13.0 Å². The van der Waals surface area contributed by atoms with Crippen LogP contribution in [0.1, 0.15) is 41.6 Å². The Labute approximate surface area is 221 Å². The smallest absolute Gasteiger partial charge is 0.253 e. The summed E-state index contributed by atoms with van der Waals surface area (Å²) in [5.41, 5.74) is 2.05. The molecule has 0 radical (unpaired) electrons. The number of nitrogens with one attached hydrogen (secondary N) is 2. The Hall–Kier alpha value is -2.07. The van der Waals surface area contributed by atoms with E-state index in [1.807, 2.05) is 46.0 Å². The number of nitrogens with zero attached hydrogens (tertiary/aromatic N) is 3. The maximum Gasteiger partial charge on any atom is 0.253 e. The van der Waals surface area contributed by atoms with Gasteiger partial charge in [0.05, 0.1) is 22.4 Å². The van der Waals surface area contributed by atoms with Crippen molar-refractivity contribution in [1.29, 1.82) is 0 Å². The third kappa shape index (κ3) is 6.53. The van der Waals surface area contributed by atoms with Gasteiger partial charge in [0, 0.05) is 22.2 Å². The molecular weight excluding hydrogens is 561 g/mol. The fourth-order valence-electron chi connectivity index (χ4n) is 3.23. The van der Waals surface area contributed by atoms with E-state index in [0.717, 1.165) is 15.7 Å². The first kappa shape index (κ1) is 26.5. The largest absolute Gasteiger partial charge is 0.342 e. The average Bonchev–Trinajstić information content (AvgIpc) is 3.12. The molecule has 180 valence electrons. The number of carbonyl (C=O) groups is 2. The number of anilines is 1. The fourth-order valence-corrected chi connectivity index (χ4v) is 4.92. The Balaban J connectivity index is 1.69. The number of hydrogen-bond acceptors (Lipinski definition) is 5. The highest BCUT2D eigenvalue weighted by molar-refractivity contribution is 9.10. The predicted octanol–water partition coefficient (Wildman–Crippen LogP) is 6.05. The van der Waals surface area contributed by atoms with E-state index in [-0.39, 0.29) is 28.5 Å². The van der Waals surface area contributed by atoms with E-state index in [4.69, 9.17) is 23.2 Å². The lowest BCUT2D eigenvalue weighted by atomic mass is 10.0. The summed E-state index contributed by atoms with van der Waals surface area (Å²) in [6, 6.07) is 9.99. The van der Waals surface area contributed by atoms with Gasteiger partial charge in [-0.3, -0.25) is 9.59 Å². The highest BCUT2D eigenvalue weighted by Gasteiger charge is 2.26. The van der Waals surface area contributed by atoms with Gasteiger partial charge >= 0.3 is 0 Å². The van der Waals surface area contributed by atoms with Crippen molar-refractivity contribution in [2.75, 3.05) is 11.1 Å². The van der Waals surface area contributed by atoms with Gasteiger partial charge < -0.3 is 15.2 Å². The summed E-state index contributed by atoms with van der Waals surface area (Å²) >= 11 is 16.8. The molecule has 0 aliphatic rings. The number of halogens is 3. The zero-order chi connectivity index (χ0) is 25.0. The number of aromatic nitrogens is 3. The summed E-state index contributed by atoms with van der Waals surface area (Å²) < 4.78 is 2.74. The van der Waals surface area contributed by atoms with Crippen LogP contribution in [0.15, 0.2) is 46.0 Å². The van der Waals surface area contributed by atoms with Crippen molar-refractivity contribution in [3.8, 4) is 0 Å². The van der Waals surface area contributed by atoms with Crippen molar-refractivity contribution in [2.45, 2.75) is 32.0 Å². The fraction of sp³-hybridized carbons (Fsp3) is 0.304. The molecule has 0 bridgehead atoms. The highest BCUT2D eigenvalue weighted by atomic mass is 79.9. The van der Waals surface area contributed by atoms with Crippen LogP contribution >= 0.6 is 50.9 Å². The Kier molecular flexibility index (Phi) is 9.03. The number of amides is 2. The SMILES string of the molecule is Cc1cc(Br)ccc1NC(=O)CSc1nnc([C@@H](NC(=O)c2ccc(Cl)cc2Cl)C(C)C)n1C. The van der Waals surface area contributed by atoms with Crippen molar-refractivity contribution in [3.05, 3.63) is 67.9 Å². The lowest BCUT2D eigenvalue weighted by Crippen LogP contribution is -2.33. The molecule has 0 saturated carbocycles. The van der Waals surface area contributed by atoms with Gasteiger partial charge in [-0.1, -0.05) is 64.7 Å². The average molecular weight is 585 g/mol. The Morgan fingerprint density at radius 1 is 1.15 bits per heavy atom. The molecule has 1 atom stereocenters. The van der Waals surface area contributed by atoms with Crippen LogP contribution < -0.4 is 10.6 Å². The summed E-state index contributed by atoms with van der Waals surface area (Å²) in [7, 11) is 1.81. The number of hydrogen-bond donors (Lipinski definition) is 2. The number of rotatable bonds is 8. The molecule has 1 heterocycles. The van der Waals surface area contributed by atoms with E-state index in [0.29, 0.717) is 21.6 Å². The van der Waals surface area contributed by atoms with Crippen LogP contribution in [0.25, 0.3) is 0 Å². The predicted molar refractivity (Wildman–Crippen MR) is 141 cm³/mol. The van der Waals surface area contributed by atoms with Gasteiger partial charge in [0.25, 0.3) is 5.91 Å². The van der Waals surface area contributed by atoms with Crippen molar-refractivity contribution in [1.82, 2.24) is 20.1 Å². The molecule has 0 saturated heterocycles. The van der Waals surface area contributed by atoms with Crippen LogP contribution in [-0.4, -0.2) is 32.3 Å². The van der Waals surface area contributed by atoms with Gasteiger partial charge in [0.1, 0.15) is 0 Å². The Bertz CT molecular complexity index is 1220. The zero-order valence-corrected chi connectivity index (χ0v) is 22.9. The molecule has 0 aliphatic heterocycles. The summed E-state index contributed by atoms with van der Waals surface area (Å²) in [6.07, 6.45) is 0. The number of benzene rings is 2. The van der Waals surface area contributed by atoms with Crippen LogP contribution in [0.5, 0.6) is 0 Å². The quantitative estimate of drug-likeness (QED) is 0.315. The minimum absolute atomic E-state index is 0.0273. The van der Waals surface area contributed by atoms with Crippen LogP contribution in [0, 0.1) is 12.8 Å². The first-order chi connectivity index (χ1) is 16.1. The van der Waals surface area contributed by atoms with E-state index in [1.165, 1.54) is 17.8 Å². The molecule has 7 nitrogen and oxygen atoms in total. The second kappa shape index (κ2) is 11.6. The molecule has 3 aromatic rings. The van der Waals surface area contributed by atoms with Gasteiger partial charge in [-0.2, -0.15) is 0 Å². The number of aryl methyl sites for hydroxylation is 1. The molecule has 0 aliphatic carbocycles. The monoisotopic (exact) mass is 583 g/mol. The van der Waals surface area contributed by atoms with Gasteiger partial charge in [0.15, 0.2) is 11.0 Å². The van der Waals surface area contributed by atoms with Crippen LogP contribution in [0.4, 0.5) is 5.69 Å². The van der Waals surface area contributed by atoms with Crippen LogP contribution in [0.2, 0.25) is 10.0 Å². The van der Waals surface area contributed by atoms with Crippen LogP contribution in [-0.2, 0) is 11.8 Å². The minimum Gasteiger partial charge on any atom is -0.342 e. The van der Waals surface area contributed by atoms with E-state index in [2.05, 4.69) is 36.8 Å². The van der Waals surface area contributed by atoms with Crippen molar-refractivity contribution in [3.63, 3.8) is 0 Å². The molecule has 0 spiro atoms. The molecule has 0 unspecified atom stereocenters. The van der Waals surface area contributed by atoms with Gasteiger partial charge in [-0.15, -0.1) is 10.2 Å². The number of thioether (sulfide) groups is 1. The maximum atomic E-state index is 12.9. The minimum atomic E-state index is -0.412. The van der Waals surface area contributed by atoms with Gasteiger partial charge in [-0.05, 0) is 54.8 Å². The lowest BCUT2D eigenvalue weighted by Gasteiger charge is -2.22. The molecule has 2 aromatic carbocycles. The van der Waals surface area contributed by atoms with Gasteiger partial charge in [-0.25, -0.2) is 0 Å². The van der Waals surface area contributed by atoms with Crippen LogP contribution in [0.3, 0.4) is 0 Å². The second-order valence-electron chi connectivity index (χ2n) is 8.02. The van der Waals surface area contributed by atoms with E-state index >= 15 is 0 Å². The summed E-state index contributed by atoms with van der Waals surface area (Å²) in [6.45, 7) is 5.88. The molecule has 11 heteroatoms. The topological polar surface area (TPSA) is 88.9 Å². The molecular formula is C23H24BrCl2N5O2S. The molecule has 2 N–H and O–H groups in total. The maximum absolute atomic E-state index is 12.9. The first-order valence-electron chi connectivity index (χ1n) is 10.4. The van der Waals surface area contributed by atoms with E-state index in [1.54, 1.807) is 16.7 Å². The highest BCUT2D eigenvalue weighted by Crippen LogP contribution is 2.27. The molecule has 2 amide bonds. The normalized spacial score (nSPS) is 12.0. The lowest BCUT2D eigenvalue weighted by molar-refractivity contribution is -0.113. The summed E-state index contributed by atoms with van der Waals surface area (Å²) in [5.74, 6) is 0.299. The molecule has 1 aromatic heterocycles. The third-order valence-electron chi connectivity index (χ3n) is 5.07. The molecule has 0 fully saturated rings. The van der Waals surface area contributed by atoms with E-state index < -0.39 is 6.04 Å². The third-order valence-corrected chi connectivity index (χ3v) is 7.13. The Morgan fingerprint density at radius 3 is 2.53 bits per heavy atom. The zero-order valence-electron chi connectivity index (χ0n) is 19.0. The first-order valence-corrected chi connectivity index (χ1v) is 12.9. The van der Waals surface area contributed by atoms with Crippen molar-refractivity contribution < 1.29 is 9.59 Å². The molecule has 3 rings (SSSR count). The molecule has 34 heavy (non-hydrogen) atoms. The second-order valence-corrected chi connectivity index (χ2v) is 10.7. The number of carbonyl (C=O) groups excluding carboxylic acids is 2. The standard InChI is InChI=1S/C23H24BrCl2N5O2S/c1-12(2)20(28-22(33)16-7-6-15(25)10-17(16)26)21-29-30-23(31(21)4)34-11-19(32)27-18-8-5-14(24)9-13(18)3/h5-10,12,20H,11H2,1-4H3,(H,27,32)(H,28,33)/t20-/m0/s1. The summed E-state index contributed by atoms with van der Waals surface area (Å²) in [4.78, 5) is 25.3. The van der Waals surface area contributed by atoms with E-state index in [9.17, 15) is 9.59 Å².